The van der Waals surface area contributed by atoms with Gasteiger partial charge in [0.1, 0.15) is 0 Å². The molecule has 1 aromatic heterocycles. The largest absolute Gasteiger partial charge is 0.237 e. The second kappa shape index (κ2) is 3.59. The van der Waals surface area contributed by atoms with E-state index >= 15 is 0 Å². The first kappa shape index (κ1) is 11.3. The minimum atomic E-state index is -3.31. The van der Waals surface area contributed by atoms with Crippen molar-refractivity contribution < 1.29 is 8.42 Å². The molecule has 3 rings (SSSR count). The summed E-state index contributed by atoms with van der Waals surface area (Å²) in [7, 11) is -3.31. The fourth-order valence-electron chi connectivity index (χ4n) is 2.40. The van der Waals surface area contributed by atoms with E-state index in [4.69, 9.17) is 0 Å². The Balaban J connectivity index is 2.68. The third-order valence-corrected chi connectivity index (χ3v) is 4.17. The molecule has 0 saturated heterocycles. The molecule has 0 aliphatic carbocycles. The molecule has 0 saturated carbocycles. The summed E-state index contributed by atoms with van der Waals surface area (Å²) in [5, 5.41) is 1.94. The maximum atomic E-state index is 12.0. The van der Waals surface area contributed by atoms with E-state index in [1.165, 1.54) is 10.2 Å². The summed E-state index contributed by atoms with van der Waals surface area (Å²) in [5.74, 6) is 0. The van der Waals surface area contributed by atoms with Gasteiger partial charge in [0.05, 0.1) is 17.3 Å². The van der Waals surface area contributed by atoms with Gasteiger partial charge in [-0.2, -0.15) is 0 Å². The van der Waals surface area contributed by atoms with Crippen molar-refractivity contribution >= 4 is 31.8 Å². The topological polar surface area (TPSA) is 39.1 Å². The van der Waals surface area contributed by atoms with Crippen LogP contribution in [0.3, 0.4) is 0 Å². The second-order valence-corrected chi connectivity index (χ2v) is 6.40. The minimum absolute atomic E-state index is 0.737. The third kappa shape index (κ3) is 1.53. The van der Waals surface area contributed by atoms with E-state index < -0.39 is 10.0 Å². The van der Waals surface area contributed by atoms with E-state index in [2.05, 4.69) is 0 Å². The summed E-state index contributed by atoms with van der Waals surface area (Å²) in [5.41, 5.74) is 2.54. The molecule has 92 valence electrons. The molecule has 0 N–H and O–H groups in total. The number of fused-ring (bicyclic) bond motifs is 3. The van der Waals surface area contributed by atoms with Crippen LogP contribution < -0.4 is 0 Å². The Morgan fingerprint density at radius 3 is 2.33 bits per heavy atom. The lowest BCUT2D eigenvalue weighted by Crippen LogP contribution is -2.09. The van der Waals surface area contributed by atoms with Gasteiger partial charge in [-0.05, 0) is 24.6 Å². The lowest BCUT2D eigenvalue weighted by atomic mass is 10.1. The number of hydrogen-bond donors (Lipinski definition) is 0. The van der Waals surface area contributed by atoms with Crippen molar-refractivity contribution in [1.29, 1.82) is 0 Å². The quantitative estimate of drug-likeness (QED) is 0.674. The molecule has 0 aliphatic rings. The Kier molecular flexibility index (Phi) is 2.25. The number of aryl methyl sites for hydroxylation is 1. The van der Waals surface area contributed by atoms with Crippen LogP contribution in [0.5, 0.6) is 0 Å². The summed E-state index contributed by atoms with van der Waals surface area (Å²) in [6.07, 6.45) is 1.24. The highest BCUT2D eigenvalue weighted by Crippen LogP contribution is 2.30. The fourth-order valence-corrected chi connectivity index (χ4v) is 3.43. The number of aromatic nitrogens is 1. The molecule has 0 bridgehead atoms. The minimum Gasteiger partial charge on any atom is -0.237 e. The average Bonchev–Trinajstić information content (AvgIpc) is 2.61. The first-order chi connectivity index (χ1) is 8.48. The van der Waals surface area contributed by atoms with Crippen molar-refractivity contribution in [2.45, 2.75) is 6.92 Å². The number of para-hydroxylation sites is 1. The Morgan fingerprint density at radius 1 is 0.944 bits per heavy atom. The predicted molar refractivity (Wildman–Crippen MR) is 74.4 cm³/mol. The highest BCUT2D eigenvalue weighted by atomic mass is 32.2. The lowest BCUT2D eigenvalue weighted by molar-refractivity contribution is 0.596. The SMILES string of the molecule is Cc1ccc2c3ccccc3n(S(C)(=O)=O)c2c1. The van der Waals surface area contributed by atoms with Gasteiger partial charge in [-0.1, -0.05) is 30.3 Å². The normalized spacial score (nSPS) is 12.3. The van der Waals surface area contributed by atoms with Crippen LogP contribution >= 0.6 is 0 Å². The molecule has 4 heteroatoms. The van der Waals surface area contributed by atoms with Crippen LogP contribution in [0, 0.1) is 6.92 Å². The lowest BCUT2D eigenvalue weighted by Gasteiger charge is -2.04. The van der Waals surface area contributed by atoms with Crippen LogP contribution in [-0.4, -0.2) is 18.6 Å². The molecule has 18 heavy (non-hydrogen) atoms. The highest BCUT2D eigenvalue weighted by molar-refractivity contribution is 7.89. The van der Waals surface area contributed by atoms with Crippen LogP contribution in [0.15, 0.2) is 42.5 Å². The first-order valence-electron chi connectivity index (χ1n) is 5.69. The standard InChI is InChI=1S/C14H13NO2S/c1-10-7-8-12-11-5-3-4-6-13(11)15(14(12)9-10)18(2,16)17/h3-9H,1-2H3. The van der Waals surface area contributed by atoms with Gasteiger partial charge in [0.2, 0.25) is 10.0 Å². The molecular formula is C14H13NO2S. The number of rotatable bonds is 1. The molecule has 3 nitrogen and oxygen atoms in total. The van der Waals surface area contributed by atoms with Crippen LogP contribution in [-0.2, 0) is 10.0 Å². The van der Waals surface area contributed by atoms with Gasteiger partial charge in [-0.15, -0.1) is 0 Å². The Bertz CT molecular complexity index is 860. The van der Waals surface area contributed by atoms with E-state index in [-0.39, 0.29) is 0 Å². The Hall–Kier alpha value is -1.81. The molecule has 2 aromatic carbocycles. The number of benzene rings is 2. The summed E-state index contributed by atoms with van der Waals surface area (Å²) < 4.78 is 25.4. The molecule has 3 aromatic rings. The van der Waals surface area contributed by atoms with Crippen molar-refractivity contribution in [3.63, 3.8) is 0 Å². The zero-order valence-corrected chi connectivity index (χ0v) is 11.0. The Labute approximate surface area is 106 Å². The maximum absolute atomic E-state index is 12.0. The Morgan fingerprint density at radius 2 is 1.61 bits per heavy atom. The second-order valence-electron chi connectivity index (χ2n) is 4.57. The zero-order valence-electron chi connectivity index (χ0n) is 10.2. The summed E-state index contributed by atoms with van der Waals surface area (Å²) in [4.78, 5) is 0. The molecule has 0 unspecified atom stereocenters. The van der Waals surface area contributed by atoms with Crippen LogP contribution in [0.2, 0.25) is 0 Å². The molecule has 1 heterocycles. The molecule has 0 atom stereocenters. The van der Waals surface area contributed by atoms with Gasteiger partial charge in [0.15, 0.2) is 0 Å². The van der Waals surface area contributed by atoms with Crippen molar-refractivity contribution in [1.82, 2.24) is 3.97 Å². The predicted octanol–water partition coefficient (Wildman–Crippen LogP) is 2.91. The molecule has 0 amide bonds. The molecule has 0 spiro atoms. The van der Waals surface area contributed by atoms with Crippen molar-refractivity contribution in [2.75, 3.05) is 6.26 Å². The van der Waals surface area contributed by atoms with E-state index in [0.717, 1.165) is 27.4 Å². The summed E-state index contributed by atoms with van der Waals surface area (Å²) in [6, 6.07) is 13.5. The first-order valence-corrected chi connectivity index (χ1v) is 7.54. The van der Waals surface area contributed by atoms with Crippen LogP contribution in [0.1, 0.15) is 5.56 Å². The summed E-state index contributed by atoms with van der Waals surface area (Å²) >= 11 is 0. The van der Waals surface area contributed by atoms with E-state index in [0.29, 0.717) is 0 Å². The van der Waals surface area contributed by atoms with Gasteiger partial charge < -0.3 is 0 Å². The molecule has 0 radical (unpaired) electrons. The molecule has 0 fully saturated rings. The van der Waals surface area contributed by atoms with Crippen LogP contribution in [0.25, 0.3) is 21.8 Å². The fraction of sp³-hybridized carbons (Fsp3) is 0.143. The van der Waals surface area contributed by atoms with Crippen molar-refractivity contribution in [3.8, 4) is 0 Å². The van der Waals surface area contributed by atoms with Gasteiger partial charge in [-0.3, -0.25) is 0 Å². The maximum Gasteiger partial charge on any atom is 0.236 e. The monoisotopic (exact) mass is 259 g/mol. The van der Waals surface area contributed by atoms with Gasteiger partial charge in [0.25, 0.3) is 0 Å². The van der Waals surface area contributed by atoms with Gasteiger partial charge >= 0.3 is 0 Å². The van der Waals surface area contributed by atoms with Gasteiger partial charge in [0, 0.05) is 10.8 Å². The third-order valence-electron chi connectivity index (χ3n) is 3.12. The van der Waals surface area contributed by atoms with Crippen molar-refractivity contribution in [2.24, 2.45) is 0 Å². The number of nitrogens with zero attached hydrogens (tertiary/aromatic N) is 1. The molecule has 0 aliphatic heterocycles. The number of hydrogen-bond acceptors (Lipinski definition) is 2. The highest BCUT2D eigenvalue weighted by Gasteiger charge is 2.16. The van der Waals surface area contributed by atoms with Crippen molar-refractivity contribution in [3.05, 3.63) is 48.0 Å². The smallest absolute Gasteiger partial charge is 0.236 e. The molecular weight excluding hydrogens is 246 g/mol. The van der Waals surface area contributed by atoms with E-state index in [9.17, 15) is 8.42 Å². The van der Waals surface area contributed by atoms with Crippen LogP contribution in [0.4, 0.5) is 0 Å². The van der Waals surface area contributed by atoms with E-state index in [1.807, 2.05) is 49.4 Å². The average molecular weight is 259 g/mol. The van der Waals surface area contributed by atoms with E-state index in [1.54, 1.807) is 0 Å². The zero-order chi connectivity index (χ0) is 12.9. The summed E-state index contributed by atoms with van der Waals surface area (Å²) in [6.45, 7) is 1.96. The van der Waals surface area contributed by atoms with Gasteiger partial charge in [-0.25, -0.2) is 12.4 Å².